The first kappa shape index (κ1) is 11.3. The van der Waals surface area contributed by atoms with Crippen LogP contribution in [0.5, 0.6) is 0 Å². The molecule has 0 spiro atoms. The number of rotatable bonds is 4. The van der Waals surface area contributed by atoms with Crippen molar-refractivity contribution in [3.05, 3.63) is 12.2 Å². The Morgan fingerprint density at radius 3 is 2.31 bits per heavy atom. The molecule has 2 amide bonds. The summed E-state index contributed by atoms with van der Waals surface area (Å²) in [7, 11) is 0. The molecule has 0 aromatic heterocycles. The van der Waals surface area contributed by atoms with Crippen LogP contribution >= 0.6 is 0 Å². The fourth-order valence-corrected chi connectivity index (χ4v) is 1.93. The maximum Gasteiger partial charge on any atom is 0.253 e. The molecule has 0 aromatic rings. The van der Waals surface area contributed by atoms with Crippen LogP contribution in [0.1, 0.15) is 6.42 Å². The Bertz CT molecular complexity index is 290. The van der Waals surface area contributed by atoms with Crippen LogP contribution in [0, 0.1) is 0 Å². The maximum atomic E-state index is 11.3. The van der Waals surface area contributed by atoms with Crippen molar-refractivity contribution in [1.29, 1.82) is 0 Å². The fourth-order valence-electron chi connectivity index (χ4n) is 1.93. The molecule has 88 valence electrons. The van der Waals surface area contributed by atoms with Crippen LogP contribution in [-0.4, -0.2) is 61.0 Å². The van der Waals surface area contributed by atoms with Gasteiger partial charge in [0.25, 0.3) is 11.8 Å². The van der Waals surface area contributed by atoms with Gasteiger partial charge in [-0.05, 0) is 6.42 Å². The lowest BCUT2D eigenvalue weighted by Gasteiger charge is -2.27. The quantitative estimate of drug-likeness (QED) is 0.612. The first-order chi connectivity index (χ1) is 7.77. The fraction of sp³-hybridized carbons (Fsp3) is 0.636. The maximum absolute atomic E-state index is 11.3. The van der Waals surface area contributed by atoms with Crippen molar-refractivity contribution in [2.45, 2.75) is 6.42 Å². The van der Waals surface area contributed by atoms with Gasteiger partial charge in [0.15, 0.2) is 0 Å². The van der Waals surface area contributed by atoms with E-state index in [-0.39, 0.29) is 11.8 Å². The second-order valence-corrected chi connectivity index (χ2v) is 3.97. The minimum absolute atomic E-state index is 0.188. The predicted molar refractivity (Wildman–Crippen MR) is 57.7 cm³/mol. The van der Waals surface area contributed by atoms with Crippen LogP contribution in [0.25, 0.3) is 0 Å². The van der Waals surface area contributed by atoms with E-state index in [1.54, 1.807) is 0 Å². The SMILES string of the molecule is O=C1C=CC(=O)N1CCCN1CCOCC1. The molecule has 0 unspecified atom stereocenters. The molecule has 16 heavy (non-hydrogen) atoms. The van der Waals surface area contributed by atoms with E-state index in [9.17, 15) is 9.59 Å². The highest BCUT2D eigenvalue weighted by atomic mass is 16.5. The third-order valence-electron chi connectivity index (χ3n) is 2.86. The molecule has 0 radical (unpaired) electrons. The van der Waals surface area contributed by atoms with E-state index < -0.39 is 0 Å². The van der Waals surface area contributed by atoms with Gasteiger partial charge in [0.2, 0.25) is 0 Å². The lowest BCUT2D eigenvalue weighted by Crippen LogP contribution is -2.39. The van der Waals surface area contributed by atoms with E-state index in [0.29, 0.717) is 6.54 Å². The molecule has 0 aliphatic carbocycles. The highest BCUT2D eigenvalue weighted by Gasteiger charge is 2.22. The van der Waals surface area contributed by atoms with E-state index in [1.807, 2.05) is 0 Å². The molecule has 0 saturated carbocycles. The normalized spacial score (nSPS) is 22.1. The summed E-state index contributed by atoms with van der Waals surface area (Å²) in [6, 6.07) is 0. The number of nitrogens with zero attached hydrogens (tertiary/aromatic N) is 2. The topological polar surface area (TPSA) is 49.9 Å². The van der Waals surface area contributed by atoms with Gasteiger partial charge in [0.05, 0.1) is 13.2 Å². The number of hydrogen-bond donors (Lipinski definition) is 0. The molecule has 1 saturated heterocycles. The van der Waals surface area contributed by atoms with Gasteiger partial charge >= 0.3 is 0 Å². The lowest BCUT2D eigenvalue weighted by molar-refractivity contribution is -0.136. The lowest BCUT2D eigenvalue weighted by atomic mass is 10.3. The Morgan fingerprint density at radius 2 is 1.69 bits per heavy atom. The Hall–Kier alpha value is -1.20. The molecule has 5 nitrogen and oxygen atoms in total. The summed E-state index contributed by atoms with van der Waals surface area (Å²) in [5.41, 5.74) is 0. The van der Waals surface area contributed by atoms with Crippen molar-refractivity contribution >= 4 is 11.8 Å². The van der Waals surface area contributed by atoms with Crippen LogP contribution < -0.4 is 0 Å². The van der Waals surface area contributed by atoms with E-state index >= 15 is 0 Å². The standard InChI is InChI=1S/C11H16N2O3/c14-10-2-3-11(15)13(10)5-1-4-12-6-8-16-9-7-12/h2-3H,1,4-9H2. The Morgan fingerprint density at radius 1 is 1.06 bits per heavy atom. The second-order valence-electron chi connectivity index (χ2n) is 3.97. The molecule has 5 heteroatoms. The summed E-state index contributed by atoms with van der Waals surface area (Å²) >= 11 is 0. The zero-order valence-electron chi connectivity index (χ0n) is 9.22. The molecular formula is C11H16N2O3. The minimum atomic E-state index is -0.188. The van der Waals surface area contributed by atoms with Crippen LogP contribution in [-0.2, 0) is 14.3 Å². The van der Waals surface area contributed by atoms with Crippen molar-refractivity contribution in [3.63, 3.8) is 0 Å². The van der Waals surface area contributed by atoms with Gasteiger partial charge in [-0.3, -0.25) is 19.4 Å². The highest BCUT2D eigenvalue weighted by Crippen LogP contribution is 2.05. The molecule has 2 rings (SSSR count). The molecule has 1 fully saturated rings. The predicted octanol–water partition coefficient (Wildman–Crippen LogP) is -0.366. The van der Waals surface area contributed by atoms with Gasteiger partial charge < -0.3 is 4.74 Å². The summed E-state index contributed by atoms with van der Waals surface area (Å²) in [5.74, 6) is -0.376. The van der Waals surface area contributed by atoms with E-state index in [2.05, 4.69) is 4.90 Å². The smallest absolute Gasteiger partial charge is 0.253 e. The van der Waals surface area contributed by atoms with Crippen molar-refractivity contribution in [2.24, 2.45) is 0 Å². The number of imide groups is 1. The zero-order chi connectivity index (χ0) is 11.4. The minimum Gasteiger partial charge on any atom is -0.379 e. The molecule has 2 aliphatic heterocycles. The number of amides is 2. The average molecular weight is 224 g/mol. The van der Waals surface area contributed by atoms with Crippen LogP contribution in [0.3, 0.4) is 0 Å². The molecule has 0 N–H and O–H groups in total. The highest BCUT2D eigenvalue weighted by molar-refractivity contribution is 6.12. The van der Waals surface area contributed by atoms with Gasteiger partial charge in [-0.1, -0.05) is 0 Å². The Balaban J connectivity index is 1.67. The Kier molecular flexibility index (Phi) is 3.69. The summed E-state index contributed by atoms with van der Waals surface area (Å²) in [6.45, 7) is 4.88. The van der Waals surface area contributed by atoms with Crippen molar-refractivity contribution in [1.82, 2.24) is 9.80 Å². The van der Waals surface area contributed by atoms with Crippen molar-refractivity contribution in [2.75, 3.05) is 39.4 Å². The second kappa shape index (κ2) is 5.23. The number of hydrogen-bond acceptors (Lipinski definition) is 4. The summed E-state index contributed by atoms with van der Waals surface area (Å²) < 4.78 is 5.24. The number of carbonyl (C=O) groups excluding carboxylic acids is 2. The Labute approximate surface area is 94.6 Å². The molecular weight excluding hydrogens is 208 g/mol. The number of morpholine rings is 1. The first-order valence-electron chi connectivity index (χ1n) is 5.61. The van der Waals surface area contributed by atoms with Gasteiger partial charge in [-0.2, -0.15) is 0 Å². The van der Waals surface area contributed by atoms with Gasteiger partial charge in [0, 0.05) is 38.3 Å². The summed E-state index contributed by atoms with van der Waals surface area (Å²) in [5, 5.41) is 0. The largest absolute Gasteiger partial charge is 0.379 e. The van der Waals surface area contributed by atoms with Crippen molar-refractivity contribution < 1.29 is 14.3 Å². The number of ether oxygens (including phenoxy) is 1. The molecule has 2 aliphatic rings. The summed E-state index contributed by atoms with van der Waals surface area (Å²) in [4.78, 5) is 26.1. The van der Waals surface area contributed by atoms with Gasteiger partial charge in [0.1, 0.15) is 0 Å². The monoisotopic (exact) mass is 224 g/mol. The first-order valence-corrected chi connectivity index (χ1v) is 5.61. The third kappa shape index (κ3) is 2.68. The molecule has 0 aromatic carbocycles. The number of carbonyl (C=O) groups is 2. The average Bonchev–Trinajstić information content (AvgIpc) is 2.62. The summed E-state index contributed by atoms with van der Waals surface area (Å²) in [6.07, 6.45) is 3.49. The van der Waals surface area contributed by atoms with Gasteiger partial charge in [-0.25, -0.2) is 0 Å². The van der Waals surface area contributed by atoms with E-state index in [4.69, 9.17) is 4.74 Å². The zero-order valence-corrected chi connectivity index (χ0v) is 9.22. The van der Waals surface area contributed by atoms with E-state index in [0.717, 1.165) is 39.3 Å². The van der Waals surface area contributed by atoms with Gasteiger partial charge in [-0.15, -0.1) is 0 Å². The van der Waals surface area contributed by atoms with Crippen molar-refractivity contribution in [3.8, 4) is 0 Å². The molecule has 2 heterocycles. The van der Waals surface area contributed by atoms with Crippen LogP contribution in [0.2, 0.25) is 0 Å². The van der Waals surface area contributed by atoms with Crippen LogP contribution in [0.4, 0.5) is 0 Å². The third-order valence-corrected chi connectivity index (χ3v) is 2.86. The molecule has 0 bridgehead atoms. The van der Waals surface area contributed by atoms with Crippen LogP contribution in [0.15, 0.2) is 12.2 Å². The molecule has 0 atom stereocenters. The van der Waals surface area contributed by atoms with E-state index in [1.165, 1.54) is 17.1 Å².